The molecule has 0 aromatic carbocycles. The third-order valence-electron chi connectivity index (χ3n) is 0. The monoisotopic (exact) mass is 519 g/mol. The summed E-state index contributed by atoms with van der Waals surface area (Å²) in [6.07, 6.45) is 1.00. The Morgan fingerprint density at radius 1 is 1.40 bits per heavy atom. The zero-order valence-corrected chi connectivity index (χ0v) is 11.7. The van der Waals surface area contributed by atoms with Crippen LogP contribution in [0.3, 0.4) is 0 Å². The molecule has 0 amide bonds. The van der Waals surface area contributed by atoms with Gasteiger partial charge in [-0.05, 0) is 0 Å². The first-order valence-corrected chi connectivity index (χ1v) is 1.21. The van der Waals surface area contributed by atoms with Crippen molar-refractivity contribution < 1.29 is 62.2 Å². The van der Waals surface area contributed by atoms with E-state index >= 15 is 0 Å². The summed E-state index contributed by atoms with van der Waals surface area (Å²) in [5.74, 6) is 0. The Bertz CT molecular complexity index is 4.85. The van der Waals surface area contributed by atoms with Crippen LogP contribution >= 0.6 is 0 Å². The number of hydrogen-bond donors (Lipinski definition) is 0. The Morgan fingerprint density at radius 2 is 1.40 bits per heavy atom. The Morgan fingerprint density at radius 3 is 1.40 bits per heavy atom. The zero-order chi connectivity index (χ0) is 2.71. The second-order valence-electron chi connectivity index (χ2n) is 0.500. The van der Waals surface area contributed by atoms with Gasteiger partial charge in [0, 0.05) is 62.2 Å². The standard InChI is InChI=1S/C3H7.2U/c1-3-2;;/h1,3H2,2H3;;/q-1;;. The first-order chi connectivity index (χ1) is 1.41. The molecule has 0 saturated heterocycles. The fourth-order valence-electron chi connectivity index (χ4n) is 0. The molecule has 0 nitrogen and oxygen atoms in total. The second-order valence-corrected chi connectivity index (χ2v) is 0.500. The molecule has 0 N–H and O–H groups in total. The largest absolute Gasteiger partial charge is 0.344 e. The van der Waals surface area contributed by atoms with E-state index in [9.17, 15) is 0 Å². The minimum Gasteiger partial charge on any atom is -0.344 e. The maximum absolute atomic E-state index is 3.49. The van der Waals surface area contributed by atoms with Crippen molar-refractivity contribution in [2.75, 3.05) is 0 Å². The molecule has 5 heavy (non-hydrogen) atoms. The van der Waals surface area contributed by atoms with Crippen LogP contribution < -0.4 is 0 Å². The molecule has 0 atom stereocenters. The van der Waals surface area contributed by atoms with Crippen LogP contribution in [0.5, 0.6) is 0 Å². The Balaban J connectivity index is -0.0000000200. The van der Waals surface area contributed by atoms with Crippen molar-refractivity contribution in [1.82, 2.24) is 0 Å². The molecule has 0 fully saturated rings. The molecule has 0 aliphatic rings. The average Bonchev–Trinajstić information content (AvgIpc) is 0.918. The molecule has 0 aliphatic heterocycles. The summed E-state index contributed by atoms with van der Waals surface area (Å²) in [5.41, 5.74) is 0. The first kappa shape index (κ1) is 15.7. The van der Waals surface area contributed by atoms with Crippen molar-refractivity contribution in [1.29, 1.82) is 0 Å². The van der Waals surface area contributed by atoms with Crippen LogP contribution in [0.25, 0.3) is 0 Å². The maximum atomic E-state index is 3.49. The van der Waals surface area contributed by atoms with Crippen LogP contribution in [0, 0.1) is 69.2 Å². The van der Waals surface area contributed by atoms with Crippen LogP contribution in [-0.2, 0) is 0 Å². The van der Waals surface area contributed by atoms with Crippen molar-refractivity contribution >= 4 is 0 Å². The molecule has 0 saturated carbocycles. The van der Waals surface area contributed by atoms with E-state index in [1.165, 1.54) is 0 Å². The van der Waals surface area contributed by atoms with Crippen LogP contribution in [0.1, 0.15) is 13.3 Å². The molecule has 0 rings (SSSR count). The van der Waals surface area contributed by atoms with Gasteiger partial charge in [0.25, 0.3) is 0 Å². The molecule has 0 bridgehead atoms. The molecule has 0 spiro atoms. The van der Waals surface area contributed by atoms with Crippen molar-refractivity contribution in [2.45, 2.75) is 13.3 Å². The molecule has 0 aromatic rings. The van der Waals surface area contributed by atoms with Crippen molar-refractivity contribution in [2.24, 2.45) is 0 Å². The molecule has 28 valence electrons. The molecule has 0 unspecified atom stereocenters. The average molecular weight is 519 g/mol. The van der Waals surface area contributed by atoms with E-state index in [-0.39, 0.29) is 62.2 Å². The molecule has 0 aliphatic carbocycles. The van der Waals surface area contributed by atoms with Crippen molar-refractivity contribution in [3.63, 3.8) is 0 Å². The van der Waals surface area contributed by atoms with Crippen molar-refractivity contribution in [3.05, 3.63) is 6.92 Å². The smallest absolute Gasteiger partial charge is 0 e. The van der Waals surface area contributed by atoms with Crippen LogP contribution in [0.2, 0.25) is 0 Å². The topological polar surface area (TPSA) is 0 Å². The zero-order valence-electron chi connectivity index (χ0n) is 3.41. The molecule has 0 radical (unpaired) electrons. The number of hydrogen-bond acceptors (Lipinski definition) is 0. The minimum absolute atomic E-state index is 0. The molecular formula is C3H7U2-. The Labute approximate surface area is 81.2 Å². The summed E-state index contributed by atoms with van der Waals surface area (Å²) in [4.78, 5) is 0. The first-order valence-electron chi connectivity index (χ1n) is 1.21. The van der Waals surface area contributed by atoms with Gasteiger partial charge in [-0.15, -0.1) is 0 Å². The van der Waals surface area contributed by atoms with Crippen molar-refractivity contribution in [3.8, 4) is 0 Å². The van der Waals surface area contributed by atoms with E-state index in [0.29, 0.717) is 0 Å². The van der Waals surface area contributed by atoms with Crippen LogP contribution in [-0.4, -0.2) is 0 Å². The molecule has 0 heterocycles. The fourth-order valence-corrected chi connectivity index (χ4v) is 0. The van der Waals surface area contributed by atoms with Gasteiger partial charge in [-0.1, -0.05) is 6.92 Å². The van der Waals surface area contributed by atoms with Gasteiger partial charge < -0.3 is 6.92 Å². The van der Waals surface area contributed by atoms with Crippen LogP contribution in [0.4, 0.5) is 0 Å². The predicted octanol–water partition coefficient (Wildman–Crippen LogP) is 1.23. The van der Waals surface area contributed by atoms with E-state index in [1.54, 1.807) is 0 Å². The van der Waals surface area contributed by atoms with E-state index in [2.05, 4.69) is 6.92 Å². The van der Waals surface area contributed by atoms with E-state index in [0.717, 1.165) is 6.42 Å². The molecule has 0 aromatic heterocycles. The third-order valence-corrected chi connectivity index (χ3v) is 0. The van der Waals surface area contributed by atoms with Gasteiger partial charge >= 0.3 is 0 Å². The summed E-state index contributed by atoms with van der Waals surface area (Å²) < 4.78 is 0. The molecule has 2 heteroatoms. The predicted molar refractivity (Wildman–Crippen MR) is 15.6 cm³/mol. The maximum Gasteiger partial charge on any atom is 0 e. The fraction of sp³-hybridized carbons (Fsp3) is 0.667. The van der Waals surface area contributed by atoms with Gasteiger partial charge in [0.05, 0.1) is 0 Å². The van der Waals surface area contributed by atoms with Crippen LogP contribution in [0.15, 0.2) is 0 Å². The van der Waals surface area contributed by atoms with E-state index < -0.39 is 0 Å². The Hall–Kier alpha value is 2.10. The Kier molecular flexibility index (Phi) is 51.9. The van der Waals surface area contributed by atoms with Gasteiger partial charge in [0.15, 0.2) is 0 Å². The van der Waals surface area contributed by atoms with Gasteiger partial charge in [-0.3, -0.25) is 0 Å². The van der Waals surface area contributed by atoms with Gasteiger partial charge in [-0.2, -0.15) is 6.42 Å². The van der Waals surface area contributed by atoms with Gasteiger partial charge in [-0.25, -0.2) is 0 Å². The van der Waals surface area contributed by atoms with E-state index in [4.69, 9.17) is 0 Å². The van der Waals surface area contributed by atoms with Gasteiger partial charge in [0.1, 0.15) is 0 Å². The summed E-state index contributed by atoms with van der Waals surface area (Å²) >= 11 is 0. The number of rotatable bonds is 0. The summed E-state index contributed by atoms with van der Waals surface area (Å²) in [5, 5.41) is 0. The normalized spacial score (nSPS) is 3.60. The molecular weight excluding hydrogens is 512 g/mol. The second kappa shape index (κ2) is 16.5. The third kappa shape index (κ3) is 23.2. The summed E-state index contributed by atoms with van der Waals surface area (Å²) in [7, 11) is 0. The quantitative estimate of drug-likeness (QED) is 0.423. The van der Waals surface area contributed by atoms with Gasteiger partial charge in [0.2, 0.25) is 0 Å². The van der Waals surface area contributed by atoms with E-state index in [1.807, 2.05) is 6.92 Å². The minimum atomic E-state index is 0. The SMILES string of the molecule is [CH2-]CC.[U].[U]. The summed E-state index contributed by atoms with van der Waals surface area (Å²) in [6, 6.07) is 0. The summed E-state index contributed by atoms with van der Waals surface area (Å²) in [6.45, 7) is 5.50.